The lowest BCUT2D eigenvalue weighted by Crippen LogP contribution is -2.20. The molecule has 3 nitrogen and oxygen atoms in total. The van der Waals surface area contributed by atoms with Crippen LogP contribution in [0.2, 0.25) is 0 Å². The average Bonchev–Trinajstić information content (AvgIpc) is 2.80. The van der Waals surface area contributed by atoms with Gasteiger partial charge in [-0.15, -0.1) is 26.1 Å². The summed E-state index contributed by atoms with van der Waals surface area (Å²) in [6.45, 7) is 0. The molecule has 0 aliphatic rings. The molecule has 1 aromatic heterocycles. The fraction of sp³-hybridized carbons (Fsp3) is 0.200. The van der Waals surface area contributed by atoms with Gasteiger partial charge in [0.1, 0.15) is 0 Å². The van der Waals surface area contributed by atoms with E-state index in [2.05, 4.69) is 30.5 Å². The van der Waals surface area contributed by atoms with Crippen LogP contribution in [-0.2, 0) is 4.12 Å². The Morgan fingerprint density at radius 2 is 1.80 bits per heavy atom. The highest BCUT2D eigenvalue weighted by atomic mass is 79.9. The van der Waals surface area contributed by atoms with Crippen molar-refractivity contribution in [1.29, 1.82) is 0 Å². The second-order valence-electron chi connectivity index (χ2n) is 3.80. The Morgan fingerprint density at radius 3 is 2.30 bits per heavy atom. The summed E-state index contributed by atoms with van der Waals surface area (Å²) in [4.78, 5) is 0. The van der Waals surface area contributed by atoms with Crippen LogP contribution in [0, 0.1) is 11.6 Å². The van der Waals surface area contributed by atoms with Gasteiger partial charge >= 0.3 is 6.43 Å². The minimum absolute atomic E-state index is 0.354. The van der Waals surface area contributed by atoms with Crippen LogP contribution in [0.15, 0.2) is 16.5 Å². The standard InChI is InChI=1S/C10H3B2BrF4N2O/c11-10(12,13)4-2-1-3(5(14)6(4)15)8-18-19-9(20-8)7(16)17/h1-2,7H. The van der Waals surface area contributed by atoms with E-state index in [4.69, 9.17) is 15.7 Å². The predicted octanol–water partition coefficient (Wildman–Crippen LogP) is 2.79. The van der Waals surface area contributed by atoms with E-state index >= 15 is 0 Å². The van der Waals surface area contributed by atoms with Gasteiger partial charge in [0.2, 0.25) is 0 Å². The molecule has 4 radical (unpaired) electrons. The van der Waals surface area contributed by atoms with Crippen LogP contribution in [0.4, 0.5) is 17.6 Å². The molecular weight excluding hydrogens is 342 g/mol. The number of alkyl halides is 3. The molecular formula is C10H3B2BrF4N2O. The third-order valence-electron chi connectivity index (χ3n) is 2.35. The molecule has 2 rings (SSSR count). The summed E-state index contributed by atoms with van der Waals surface area (Å²) in [7, 11) is 10.8. The molecule has 2 aromatic rings. The first kappa shape index (κ1) is 15.1. The summed E-state index contributed by atoms with van der Waals surface area (Å²) in [5, 5.41) is 6.24. The second-order valence-corrected chi connectivity index (χ2v) is 5.12. The lowest BCUT2D eigenvalue weighted by atomic mass is 9.66. The molecule has 100 valence electrons. The monoisotopic (exact) mass is 344 g/mol. The Hall–Kier alpha value is -1.31. The maximum absolute atomic E-state index is 13.9. The van der Waals surface area contributed by atoms with Gasteiger partial charge in [0.15, 0.2) is 11.6 Å². The van der Waals surface area contributed by atoms with E-state index in [1.807, 2.05) is 0 Å². The van der Waals surface area contributed by atoms with Crippen molar-refractivity contribution in [3.05, 3.63) is 35.2 Å². The smallest absolute Gasteiger partial charge is 0.314 e. The molecule has 1 heterocycles. The highest BCUT2D eigenvalue weighted by Gasteiger charge is 2.26. The minimum Gasteiger partial charge on any atom is -0.415 e. The first-order valence-corrected chi connectivity index (χ1v) is 5.88. The fourth-order valence-corrected chi connectivity index (χ4v) is 1.75. The molecule has 0 N–H and O–H groups in total. The highest BCUT2D eigenvalue weighted by molar-refractivity contribution is 9.10. The number of hydrogen-bond acceptors (Lipinski definition) is 3. The summed E-state index contributed by atoms with van der Waals surface area (Å²) in [6, 6.07) is 2.13. The molecule has 0 fully saturated rings. The van der Waals surface area contributed by atoms with E-state index in [0.29, 0.717) is 0 Å². The number of halogens is 5. The number of rotatable bonds is 3. The molecule has 0 saturated carbocycles. The highest BCUT2D eigenvalue weighted by Crippen LogP contribution is 2.32. The second kappa shape index (κ2) is 5.23. The average molecular weight is 345 g/mol. The van der Waals surface area contributed by atoms with Crippen molar-refractivity contribution in [2.75, 3.05) is 0 Å². The summed E-state index contributed by atoms with van der Waals surface area (Å²) in [6.07, 6.45) is -3.01. The van der Waals surface area contributed by atoms with E-state index in [0.717, 1.165) is 12.1 Å². The van der Waals surface area contributed by atoms with Crippen LogP contribution >= 0.6 is 15.9 Å². The summed E-state index contributed by atoms with van der Waals surface area (Å²) >= 11 is 2.77. The summed E-state index contributed by atoms with van der Waals surface area (Å²) < 4.78 is 55.0. The zero-order valence-corrected chi connectivity index (χ0v) is 11.2. The van der Waals surface area contributed by atoms with Gasteiger partial charge in [0.05, 0.1) is 21.3 Å². The lowest BCUT2D eigenvalue weighted by molar-refractivity contribution is 0.116. The Balaban J connectivity index is 2.51. The van der Waals surface area contributed by atoms with Gasteiger partial charge in [0, 0.05) is 0 Å². The van der Waals surface area contributed by atoms with Gasteiger partial charge in [-0.1, -0.05) is 6.07 Å². The van der Waals surface area contributed by atoms with E-state index in [1.54, 1.807) is 0 Å². The lowest BCUT2D eigenvalue weighted by Gasteiger charge is -2.19. The zero-order valence-electron chi connectivity index (χ0n) is 9.58. The SMILES string of the molecule is [B]C([B])(Br)c1ccc(-c2nnc(C(F)F)o2)c(F)c1F. The van der Waals surface area contributed by atoms with E-state index in [1.165, 1.54) is 0 Å². The molecule has 20 heavy (non-hydrogen) atoms. The van der Waals surface area contributed by atoms with Crippen LogP contribution in [0.25, 0.3) is 11.5 Å². The van der Waals surface area contributed by atoms with Crippen LogP contribution in [0.5, 0.6) is 0 Å². The van der Waals surface area contributed by atoms with Crippen LogP contribution in [0.1, 0.15) is 17.9 Å². The maximum atomic E-state index is 13.9. The number of hydrogen-bond donors (Lipinski definition) is 0. The third kappa shape index (κ3) is 2.74. The minimum atomic E-state index is -3.01. The fourth-order valence-electron chi connectivity index (χ4n) is 1.44. The molecule has 0 bridgehead atoms. The summed E-state index contributed by atoms with van der Waals surface area (Å²) in [5.74, 6) is -4.29. The Kier molecular flexibility index (Phi) is 3.95. The van der Waals surface area contributed by atoms with Crippen LogP contribution in [-0.4, -0.2) is 25.9 Å². The number of aromatic nitrogens is 2. The molecule has 0 amide bonds. The zero-order chi connectivity index (χ0) is 15.1. The summed E-state index contributed by atoms with van der Waals surface area (Å²) in [5.41, 5.74) is -0.824. The quantitative estimate of drug-likeness (QED) is 0.488. The first-order valence-electron chi connectivity index (χ1n) is 5.09. The van der Waals surface area contributed by atoms with E-state index < -0.39 is 39.5 Å². The van der Waals surface area contributed by atoms with Crippen molar-refractivity contribution in [1.82, 2.24) is 10.2 Å². The van der Waals surface area contributed by atoms with Crippen molar-refractivity contribution in [2.45, 2.75) is 10.5 Å². The van der Waals surface area contributed by atoms with Crippen molar-refractivity contribution < 1.29 is 22.0 Å². The molecule has 0 spiro atoms. The van der Waals surface area contributed by atoms with Crippen molar-refractivity contribution in [2.24, 2.45) is 0 Å². The van der Waals surface area contributed by atoms with E-state index in [-0.39, 0.29) is 5.56 Å². The molecule has 0 unspecified atom stereocenters. The Morgan fingerprint density at radius 1 is 1.15 bits per heavy atom. The van der Waals surface area contributed by atoms with Gasteiger partial charge in [-0.2, -0.15) is 8.78 Å². The van der Waals surface area contributed by atoms with Crippen molar-refractivity contribution in [3.63, 3.8) is 0 Å². The Bertz CT molecular complexity index is 645. The normalized spacial score (nSPS) is 12.1. The topological polar surface area (TPSA) is 38.9 Å². The molecule has 1 aromatic carbocycles. The molecule has 0 aliphatic heterocycles. The van der Waals surface area contributed by atoms with Crippen LogP contribution in [0.3, 0.4) is 0 Å². The maximum Gasteiger partial charge on any atom is 0.314 e. The van der Waals surface area contributed by atoms with Gasteiger partial charge in [-0.3, -0.25) is 0 Å². The molecule has 0 aliphatic carbocycles. The molecule has 0 atom stereocenters. The van der Waals surface area contributed by atoms with Crippen LogP contribution < -0.4 is 0 Å². The number of nitrogens with zero attached hydrogens (tertiary/aromatic N) is 2. The molecule has 10 heteroatoms. The Labute approximate surface area is 121 Å². The predicted molar refractivity (Wildman–Crippen MR) is 66.7 cm³/mol. The van der Waals surface area contributed by atoms with Crippen molar-refractivity contribution in [3.8, 4) is 11.5 Å². The largest absolute Gasteiger partial charge is 0.415 e. The van der Waals surface area contributed by atoms with Gasteiger partial charge in [-0.25, -0.2) is 8.78 Å². The van der Waals surface area contributed by atoms with Gasteiger partial charge in [-0.05, 0) is 15.8 Å². The number of benzene rings is 1. The third-order valence-corrected chi connectivity index (χ3v) is 2.78. The first-order chi connectivity index (χ1) is 9.21. The van der Waals surface area contributed by atoms with Gasteiger partial charge < -0.3 is 4.42 Å². The van der Waals surface area contributed by atoms with E-state index in [9.17, 15) is 17.6 Å². The van der Waals surface area contributed by atoms with Crippen molar-refractivity contribution >= 4 is 31.6 Å². The van der Waals surface area contributed by atoms with Gasteiger partial charge in [0.25, 0.3) is 11.8 Å². The molecule has 0 saturated heterocycles.